The summed E-state index contributed by atoms with van der Waals surface area (Å²) >= 11 is 6.46. The maximum atomic E-state index is 12.0. The maximum Gasteiger partial charge on any atom is 0.210 e. The smallest absolute Gasteiger partial charge is 0.210 e. The second-order valence-corrected chi connectivity index (χ2v) is 11.8. The van der Waals surface area contributed by atoms with E-state index in [2.05, 4.69) is 52.8 Å². The molecule has 3 unspecified atom stereocenters. The molecule has 0 bridgehead atoms. The number of allylic oxidation sites excluding steroid dienone is 2. The summed E-state index contributed by atoms with van der Waals surface area (Å²) in [7, 11) is -1.54. The fraction of sp³-hybridized carbons (Fsp3) is 0.520. The highest BCUT2D eigenvalue weighted by Crippen LogP contribution is 2.44. The molecule has 0 spiro atoms. The van der Waals surface area contributed by atoms with E-state index in [9.17, 15) is 8.42 Å². The molecule has 180 valence electrons. The number of rotatable bonds is 7. The Morgan fingerprint density at radius 2 is 2.03 bits per heavy atom. The molecule has 2 heterocycles. The van der Waals surface area contributed by atoms with Gasteiger partial charge in [-0.15, -0.1) is 0 Å². The zero-order valence-corrected chi connectivity index (χ0v) is 21.3. The van der Waals surface area contributed by atoms with Crippen molar-refractivity contribution in [1.82, 2.24) is 19.8 Å². The quantitative estimate of drug-likeness (QED) is 0.613. The van der Waals surface area contributed by atoms with Crippen LogP contribution in [-0.2, 0) is 10.0 Å². The van der Waals surface area contributed by atoms with E-state index in [1.54, 1.807) is 7.05 Å². The lowest BCUT2D eigenvalue weighted by Crippen LogP contribution is -2.46. The Morgan fingerprint density at radius 1 is 1.27 bits per heavy atom. The van der Waals surface area contributed by atoms with E-state index in [0.717, 1.165) is 49.6 Å². The van der Waals surface area contributed by atoms with Gasteiger partial charge in [-0.25, -0.2) is 12.7 Å². The van der Waals surface area contributed by atoms with Crippen molar-refractivity contribution in [3.63, 3.8) is 0 Å². The largest absolute Gasteiger partial charge is 0.383 e. The van der Waals surface area contributed by atoms with Gasteiger partial charge in [-0.05, 0) is 59.5 Å². The topological polar surface area (TPSA) is 64.7 Å². The highest BCUT2D eigenvalue weighted by atomic mass is 35.5. The summed E-state index contributed by atoms with van der Waals surface area (Å²) in [6, 6.07) is 6.34. The molecule has 3 atom stereocenters. The van der Waals surface area contributed by atoms with Crippen LogP contribution < -0.4 is 10.6 Å². The minimum Gasteiger partial charge on any atom is -0.383 e. The maximum absolute atomic E-state index is 12.0. The first-order valence-electron chi connectivity index (χ1n) is 11.8. The number of sulfonamides is 1. The summed E-state index contributed by atoms with van der Waals surface area (Å²) in [6.45, 7) is 6.60. The van der Waals surface area contributed by atoms with E-state index in [0.29, 0.717) is 12.5 Å². The normalized spacial score (nSPS) is 23.7. The zero-order valence-electron chi connectivity index (χ0n) is 19.7. The van der Waals surface area contributed by atoms with Crippen LogP contribution in [0.3, 0.4) is 0 Å². The second kappa shape index (κ2) is 10.2. The van der Waals surface area contributed by atoms with E-state index in [1.165, 1.54) is 27.4 Å². The Balaban J connectivity index is 1.76. The van der Waals surface area contributed by atoms with Gasteiger partial charge >= 0.3 is 0 Å². The van der Waals surface area contributed by atoms with Crippen LogP contribution in [0.2, 0.25) is 5.02 Å². The van der Waals surface area contributed by atoms with Crippen LogP contribution in [0.15, 0.2) is 47.8 Å². The third-order valence-electron chi connectivity index (χ3n) is 7.21. The van der Waals surface area contributed by atoms with Gasteiger partial charge in [0.1, 0.15) is 0 Å². The molecule has 2 aliphatic heterocycles. The van der Waals surface area contributed by atoms with E-state index < -0.39 is 10.0 Å². The number of nitrogens with zero attached hydrogens (tertiary/aromatic N) is 2. The van der Waals surface area contributed by atoms with Gasteiger partial charge in [-0.3, -0.25) is 0 Å². The van der Waals surface area contributed by atoms with E-state index in [1.807, 2.05) is 12.3 Å². The monoisotopic (exact) mass is 490 g/mol. The molecule has 1 saturated heterocycles. The number of hydrogen-bond donors (Lipinski definition) is 2. The number of benzene rings is 1. The molecule has 0 radical (unpaired) electrons. The number of nitrogens with one attached hydrogen (secondary N) is 2. The van der Waals surface area contributed by atoms with Crippen molar-refractivity contribution in [1.29, 1.82) is 0 Å². The van der Waals surface area contributed by atoms with Crippen molar-refractivity contribution in [3.8, 4) is 0 Å². The number of halogens is 1. The average molecular weight is 491 g/mol. The van der Waals surface area contributed by atoms with Gasteiger partial charge in [-0.2, -0.15) is 0 Å². The summed E-state index contributed by atoms with van der Waals surface area (Å²) in [5.41, 5.74) is 4.99. The van der Waals surface area contributed by atoms with Gasteiger partial charge in [0, 0.05) is 56.4 Å². The van der Waals surface area contributed by atoms with Gasteiger partial charge in [0.15, 0.2) is 0 Å². The fourth-order valence-corrected chi connectivity index (χ4v) is 5.90. The molecular weight excluding hydrogens is 456 g/mol. The highest BCUT2D eigenvalue weighted by Gasteiger charge is 2.38. The molecule has 3 aliphatic rings. The summed E-state index contributed by atoms with van der Waals surface area (Å²) in [5, 5.41) is 7.86. The Hall–Kier alpha value is -1.80. The fourth-order valence-electron chi connectivity index (χ4n) is 5.29. The van der Waals surface area contributed by atoms with Gasteiger partial charge in [0.2, 0.25) is 10.0 Å². The predicted molar refractivity (Wildman–Crippen MR) is 137 cm³/mol. The summed E-state index contributed by atoms with van der Waals surface area (Å²) < 4.78 is 25.5. The van der Waals surface area contributed by atoms with Gasteiger partial charge in [0.05, 0.1) is 12.3 Å². The van der Waals surface area contributed by atoms with Gasteiger partial charge < -0.3 is 15.5 Å². The lowest BCUT2D eigenvalue weighted by atomic mass is 9.74. The number of piperazine rings is 1. The van der Waals surface area contributed by atoms with Crippen LogP contribution in [0.5, 0.6) is 0 Å². The third-order valence-corrected chi connectivity index (χ3v) is 8.76. The molecule has 0 aromatic heterocycles. The van der Waals surface area contributed by atoms with Gasteiger partial charge in [-0.1, -0.05) is 37.1 Å². The standard InChI is InChI=1S/C25H35ClN4O2S/c1-4-18(9-13-29(2)33(3,31)32)24-21-8-7-20(26)16-19(21)17-23(30-14-11-27-12-15-30)22-6-5-10-28-25(22)24/h5-8,10,16-18,24-25,27-28H,4,9,11-15H2,1-3H3. The summed E-state index contributed by atoms with van der Waals surface area (Å²) in [6.07, 6.45) is 11.7. The van der Waals surface area contributed by atoms with Crippen molar-refractivity contribution >= 4 is 27.7 Å². The molecule has 1 aromatic carbocycles. The minimum atomic E-state index is -3.20. The van der Waals surface area contributed by atoms with E-state index in [-0.39, 0.29) is 12.0 Å². The molecule has 1 fully saturated rings. The first-order chi connectivity index (χ1) is 15.8. The van der Waals surface area contributed by atoms with Crippen molar-refractivity contribution in [2.24, 2.45) is 5.92 Å². The minimum absolute atomic E-state index is 0.118. The van der Waals surface area contributed by atoms with Crippen molar-refractivity contribution in [3.05, 3.63) is 64.0 Å². The summed E-state index contributed by atoms with van der Waals surface area (Å²) in [4.78, 5) is 2.47. The number of fused-ring (bicyclic) bond motifs is 2. The molecule has 8 heteroatoms. The first-order valence-corrected chi connectivity index (χ1v) is 14.0. The van der Waals surface area contributed by atoms with Crippen LogP contribution in [0.25, 0.3) is 6.08 Å². The summed E-state index contributed by atoms with van der Waals surface area (Å²) in [5.74, 6) is 0.500. The Labute approximate surface area is 203 Å². The average Bonchev–Trinajstić information content (AvgIpc) is 2.94. The molecule has 0 amide bonds. The highest BCUT2D eigenvalue weighted by molar-refractivity contribution is 7.88. The van der Waals surface area contributed by atoms with Crippen LogP contribution in [0.1, 0.15) is 36.8 Å². The Bertz CT molecular complexity index is 1060. The molecule has 0 saturated carbocycles. The molecule has 33 heavy (non-hydrogen) atoms. The van der Waals surface area contributed by atoms with Crippen LogP contribution >= 0.6 is 11.6 Å². The van der Waals surface area contributed by atoms with Crippen molar-refractivity contribution < 1.29 is 8.42 Å². The Kier molecular flexibility index (Phi) is 7.53. The first kappa shape index (κ1) is 24.3. The third kappa shape index (κ3) is 5.32. The van der Waals surface area contributed by atoms with Gasteiger partial charge in [0.25, 0.3) is 0 Å². The SMILES string of the molecule is CCC(CCN(C)S(C)(=O)=O)C1c2ccc(Cl)cc2C=C(N2CCNCC2)C2=CC=CNC21. The molecule has 1 aliphatic carbocycles. The van der Waals surface area contributed by atoms with Crippen molar-refractivity contribution in [2.45, 2.75) is 31.7 Å². The molecule has 2 N–H and O–H groups in total. The molecule has 4 rings (SSSR count). The zero-order chi connectivity index (χ0) is 23.6. The molecule has 6 nitrogen and oxygen atoms in total. The van der Waals surface area contributed by atoms with E-state index >= 15 is 0 Å². The molecular formula is C25H35ClN4O2S. The van der Waals surface area contributed by atoms with E-state index in [4.69, 9.17) is 11.6 Å². The lowest BCUT2D eigenvalue weighted by molar-refractivity contribution is 0.287. The number of dihydropyridines is 1. The van der Waals surface area contributed by atoms with Crippen LogP contribution in [0, 0.1) is 5.92 Å². The van der Waals surface area contributed by atoms with Crippen LogP contribution in [-0.4, -0.2) is 69.7 Å². The molecule has 1 aromatic rings. The second-order valence-electron chi connectivity index (χ2n) is 9.23. The Morgan fingerprint density at radius 3 is 2.73 bits per heavy atom. The van der Waals surface area contributed by atoms with Crippen molar-refractivity contribution in [2.75, 3.05) is 46.0 Å². The lowest BCUT2D eigenvalue weighted by Gasteiger charge is -2.39. The number of hydrogen-bond acceptors (Lipinski definition) is 5. The predicted octanol–water partition coefficient (Wildman–Crippen LogP) is 3.40. The van der Waals surface area contributed by atoms with Crippen LogP contribution in [0.4, 0.5) is 0 Å².